The zero-order valence-electron chi connectivity index (χ0n) is 15.9. The van der Waals surface area contributed by atoms with Crippen LogP contribution in [0.2, 0.25) is 0 Å². The number of hydrogen-bond donors (Lipinski definition) is 1. The molecule has 1 heterocycles. The van der Waals surface area contributed by atoms with E-state index in [-0.39, 0.29) is 18.0 Å². The van der Waals surface area contributed by atoms with Crippen molar-refractivity contribution in [2.75, 3.05) is 12.4 Å². The number of nitrogens with one attached hydrogen (secondary N) is 1. The molecule has 1 aromatic heterocycles. The SMILES string of the molecule is COc1cccc(-n2nc(C)c(CCC(=O)Nc3ccc(F)c(F)c3)c2C)c1. The first-order chi connectivity index (χ1) is 13.4. The predicted octanol–water partition coefficient (Wildman–Crippen LogP) is 4.35. The molecule has 28 heavy (non-hydrogen) atoms. The summed E-state index contributed by atoms with van der Waals surface area (Å²) in [5, 5.41) is 7.16. The average Bonchev–Trinajstić information content (AvgIpc) is 2.97. The molecule has 146 valence electrons. The van der Waals surface area contributed by atoms with Crippen molar-refractivity contribution < 1.29 is 18.3 Å². The second-order valence-corrected chi connectivity index (χ2v) is 6.44. The zero-order valence-corrected chi connectivity index (χ0v) is 15.9. The topological polar surface area (TPSA) is 56.2 Å². The number of nitrogens with zero attached hydrogens (tertiary/aromatic N) is 2. The summed E-state index contributed by atoms with van der Waals surface area (Å²) < 4.78 is 33.3. The largest absolute Gasteiger partial charge is 0.497 e. The lowest BCUT2D eigenvalue weighted by atomic mass is 10.1. The van der Waals surface area contributed by atoms with Gasteiger partial charge in [-0.15, -0.1) is 0 Å². The van der Waals surface area contributed by atoms with Gasteiger partial charge < -0.3 is 10.1 Å². The summed E-state index contributed by atoms with van der Waals surface area (Å²) in [5.74, 6) is -1.49. The number of ether oxygens (including phenoxy) is 1. The van der Waals surface area contributed by atoms with E-state index in [0.29, 0.717) is 6.42 Å². The van der Waals surface area contributed by atoms with Crippen LogP contribution < -0.4 is 10.1 Å². The van der Waals surface area contributed by atoms with Gasteiger partial charge in [-0.25, -0.2) is 13.5 Å². The van der Waals surface area contributed by atoms with Gasteiger partial charge in [0.15, 0.2) is 11.6 Å². The lowest BCUT2D eigenvalue weighted by molar-refractivity contribution is -0.116. The van der Waals surface area contributed by atoms with Crippen molar-refractivity contribution in [3.05, 3.63) is 71.1 Å². The van der Waals surface area contributed by atoms with Gasteiger partial charge in [0.1, 0.15) is 5.75 Å². The van der Waals surface area contributed by atoms with Crippen molar-refractivity contribution in [1.29, 1.82) is 0 Å². The van der Waals surface area contributed by atoms with Gasteiger partial charge in [0, 0.05) is 29.9 Å². The number of amides is 1. The summed E-state index contributed by atoms with van der Waals surface area (Å²) >= 11 is 0. The molecule has 1 amide bonds. The number of carbonyl (C=O) groups is 1. The van der Waals surface area contributed by atoms with Crippen LogP contribution in [0.1, 0.15) is 23.4 Å². The van der Waals surface area contributed by atoms with Crippen LogP contribution in [0.4, 0.5) is 14.5 Å². The summed E-state index contributed by atoms with van der Waals surface area (Å²) in [6, 6.07) is 10.8. The van der Waals surface area contributed by atoms with E-state index in [2.05, 4.69) is 10.4 Å². The Kier molecular flexibility index (Phi) is 5.73. The average molecular weight is 385 g/mol. The van der Waals surface area contributed by atoms with Crippen LogP contribution in [0, 0.1) is 25.5 Å². The Morgan fingerprint density at radius 1 is 1.14 bits per heavy atom. The molecule has 7 heteroatoms. The van der Waals surface area contributed by atoms with E-state index in [1.54, 1.807) is 7.11 Å². The number of hydrogen-bond acceptors (Lipinski definition) is 3. The number of aromatic nitrogens is 2. The van der Waals surface area contributed by atoms with Crippen molar-refractivity contribution in [3.8, 4) is 11.4 Å². The Balaban J connectivity index is 1.71. The quantitative estimate of drug-likeness (QED) is 0.686. The maximum atomic E-state index is 13.3. The van der Waals surface area contributed by atoms with Crippen LogP contribution in [0.25, 0.3) is 5.69 Å². The third-order valence-corrected chi connectivity index (χ3v) is 4.54. The molecular formula is C21H21F2N3O2. The summed E-state index contributed by atoms with van der Waals surface area (Å²) in [6.45, 7) is 3.84. The highest BCUT2D eigenvalue weighted by atomic mass is 19.2. The van der Waals surface area contributed by atoms with Gasteiger partial charge in [-0.2, -0.15) is 5.10 Å². The normalized spacial score (nSPS) is 10.8. The number of halogens is 2. The molecule has 0 saturated carbocycles. The Labute approximate surface area is 161 Å². The molecule has 0 saturated heterocycles. The first-order valence-electron chi connectivity index (χ1n) is 8.83. The fraction of sp³-hybridized carbons (Fsp3) is 0.238. The Morgan fingerprint density at radius 3 is 2.64 bits per heavy atom. The first-order valence-corrected chi connectivity index (χ1v) is 8.83. The van der Waals surface area contributed by atoms with E-state index in [0.717, 1.165) is 40.5 Å². The third-order valence-electron chi connectivity index (χ3n) is 4.54. The highest BCUT2D eigenvalue weighted by Gasteiger charge is 2.15. The molecule has 3 aromatic rings. The van der Waals surface area contributed by atoms with E-state index in [9.17, 15) is 13.6 Å². The van der Waals surface area contributed by atoms with E-state index >= 15 is 0 Å². The maximum Gasteiger partial charge on any atom is 0.224 e. The smallest absolute Gasteiger partial charge is 0.224 e. The number of rotatable bonds is 6. The van der Waals surface area contributed by atoms with E-state index in [1.807, 2.05) is 42.8 Å². The fourth-order valence-corrected chi connectivity index (χ4v) is 3.07. The number of methoxy groups -OCH3 is 1. The van der Waals surface area contributed by atoms with Crippen LogP contribution in [0.3, 0.4) is 0 Å². The van der Waals surface area contributed by atoms with Gasteiger partial charge >= 0.3 is 0 Å². The standard InChI is InChI=1S/C21H21F2N3O2/c1-13-18(8-10-21(27)24-15-7-9-19(22)20(23)11-15)14(2)26(25-13)16-5-4-6-17(12-16)28-3/h4-7,9,11-12H,8,10H2,1-3H3,(H,24,27). The van der Waals surface area contributed by atoms with Crippen molar-refractivity contribution in [1.82, 2.24) is 9.78 Å². The molecule has 0 fully saturated rings. The van der Waals surface area contributed by atoms with Gasteiger partial charge in [-0.3, -0.25) is 4.79 Å². The summed E-state index contributed by atoms with van der Waals surface area (Å²) in [6.07, 6.45) is 0.682. The van der Waals surface area contributed by atoms with Crippen molar-refractivity contribution >= 4 is 11.6 Å². The van der Waals surface area contributed by atoms with Crippen LogP contribution in [-0.2, 0) is 11.2 Å². The van der Waals surface area contributed by atoms with Crippen LogP contribution in [-0.4, -0.2) is 22.8 Å². The minimum atomic E-state index is -0.996. The van der Waals surface area contributed by atoms with Crippen molar-refractivity contribution in [2.24, 2.45) is 0 Å². The van der Waals surface area contributed by atoms with E-state index in [4.69, 9.17) is 4.74 Å². The van der Waals surface area contributed by atoms with Crippen LogP contribution in [0.15, 0.2) is 42.5 Å². The molecule has 0 unspecified atom stereocenters. The predicted molar refractivity (Wildman–Crippen MR) is 103 cm³/mol. The summed E-state index contributed by atoms with van der Waals surface area (Å²) in [5.41, 5.74) is 3.84. The van der Waals surface area contributed by atoms with E-state index < -0.39 is 11.6 Å². The lowest BCUT2D eigenvalue weighted by Gasteiger charge is -2.08. The van der Waals surface area contributed by atoms with Gasteiger partial charge in [0.2, 0.25) is 5.91 Å². The Morgan fingerprint density at radius 2 is 1.93 bits per heavy atom. The zero-order chi connectivity index (χ0) is 20.3. The minimum absolute atomic E-state index is 0.199. The minimum Gasteiger partial charge on any atom is -0.497 e. The highest BCUT2D eigenvalue weighted by Crippen LogP contribution is 2.22. The fourth-order valence-electron chi connectivity index (χ4n) is 3.07. The van der Waals surface area contributed by atoms with Crippen LogP contribution >= 0.6 is 0 Å². The van der Waals surface area contributed by atoms with Gasteiger partial charge in [0.25, 0.3) is 0 Å². The molecule has 0 radical (unpaired) electrons. The molecule has 3 rings (SSSR count). The maximum absolute atomic E-state index is 13.3. The Bertz CT molecular complexity index is 1010. The van der Waals surface area contributed by atoms with Gasteiger partial charge in [0.05, 0.1) is 18.5 Å². The second kappa shape index (κ2) is 8.21. The van der Waals surface area contributed by atoms with Gasteiger partial charge in [-0.05, 0) is 50.1 Å². The molecule has 0 aliphatic heterocycles. The lowest BCUT2D eigenvalue weighted by Crippen LogP contribution is -2.13. The van der Waals surface area contributed by atoms with Crippen molar-refractivity contribution in [2.45, 2.75) is 26.7 Å². The molecule has 2 aromatic carbocycles. The molecule has 5 nitrogen and oxygen atoms in total. The number of carbonyl (C=O) groups excluding carboxylic acids is 1. The molecule has 0 aliphatic rings. The first kappa shape index (κ1) is 19.5. The second-order valence-electron chi connectivity index (χ2n) is 6.44. The van der Waals surface area contributed by atoms with Crippen molar-refractivity contribution in [3.63, 3.8) is 0 Å². The highest BCUT2D eigenvalue weighted by molar-refractivity contribution is 5.90. The van der Waals surface area contributed by atoms with E-state index in [1.165, 1.54) is 6.07 Å². The van der Waals surface area contributed by atoms with Crippen LogP contribution in [0.5, 0.6) is 5.75 Å². The number of aryl methyl sites for hydroxylation is 1. The number of benzene rings is 2. The molecule has 0 spiro atoms. The third kappa shape index (κ3) is 4.19. The molecule has 0 bridgehead atoms. The molecule has 1 N–H and O–H groups in total. The Hall–Kier alpha value is -3.22. The summed E-state index contributed by atoms with van der Waals surface area (Å²) in [4.78, 5) is 12.2. The summed E-state index contributed by atoms with van der Waals surface area (Å²) in [7, 11) is 1.61. The van der Waals surface area contributed by atoms with Gasteiger partial charge in [-0.1, -0.05) is 6.07 Å². The molecule has 0 aliphatic carbocycles. The monoisotopic (exact) mass is 385 g/mol. The molecule has 0 atom stereocenters. The molecular weight excluding hydrogens is 364 g/mol. The number of anilines is 1.